The van der Waals surface area contributed by atoms with Gasteiger partial charge in [0.15, 0.2) is 0 Å². The Labute approximate surface area is 97.8 Å². The average Bonchev–Trinajstić information content (AvgIpc) is 2.76. The lowest BCUT2D eigenvalue weighted by atomic mass is 9.94. The van der Waals surface area contributed by atoms with Crippen molar-refractivity contribution in [3.8, 4) is 0 Å². The van der Waals surface area contributed by atoms with E-state index in [4.69, 9.17) is 10.5 Å². The van der Waals surface area contributed by atoms with Gasteiger partial charge in [0, 0.05) is 12.6 Å². The van der Waals surface area contributed by atoms with Crippen LogP contribution in [0.1, 0.15) is 29.5 Å². The largest absolute Gasteiger partial charge is 0.377 e. The molecular formula is C14H21NO. The zero-order valence-electron chi connectivity index (χ0n) is 10.2. The number of benzene rings is 1. The van der Waals surface area contributed by atoms with Gasteiger partial charge in [0.2, 0.25) is 0 Å². The van der Waals surface area contributed by atoms with Crippen LogP contribution in [0.15, 0.2) is 18.2 Å². The second-order valence-corrected chi connectivity index (χ2v) is 4.79. The first kappa shape index (κ1) is 11.6. The highest BCUT2D eigenvalue weighted by molar-refractivity contribution is 5.34. The third kappa shape index (κ3) is 2.45. The summed E-state index contributed by atoms with van der Waals surface area (Å²) in [7, 11) is 0. The van der Waals surface area contributed by atoms with E-state index >= 15 is 0 Å². The predicted octanol–water partition coefficient (Wildman–Crippen LogP) is 2.35. The highest BCUT2D eigenvalue weighted by Crippen LogP contribution is 2.20. The smallest absolute Gasteiger partial charge is 0.0730 e. The summed E-state index contributed by atoms with van der Waals surface area (Å²) in [5, 5.41) is 0. The monoisotopic (exact) mass is 219 g/mol. The number of nitrogens with two attached hydrogens (primary N) is 1. The Hall–Kier alpha value is -0.860. The fraction of sp³-hybridized carbons (Fsp3) is 0.571. The highest BCUT2D eigenvalue weighted by Gasteiger charge is 2.23. The highest BCUT2D eigenvalue weighted by atomic mass is 16.5. The SMILES string of the molecule is Cc1cccc(C)c1CC(N)C1CCCO1. The second-order valence-electron chi connectivity index (χ2n) is 4.79. The van der Waals surface area contributed by atoms with Crippen LogP contribution in [0, 0.1) is 13.8 Å². The van der Waals surface area contributed by atoms with Crippen molar-refractivity contribution >= 4 is 0 Å². The normalized spacial score (nSPS) is 22.3. The lowest BCUT2D eigenvalue weighted by Gasteiger charge is -2.20. The van der Waals surface area contributed by atoms with Crippen LogP contribution in [0.2, 0.25) is 0 Å². The molecule has 1 aromatic carbocycles. The predicted molar refractivity (Wildman–Crippen MR) is 66.6 cm³/mol. The van der Waals surface area contributed by atoms with Crippen LogP contribution in [0.4, 0.5) is 0 Å². The number of hydrogen-bond donors (Lipinski definition) is 1. The minimum Gasteiger partial charge on any atom is -0.377 e. The zero-order valence-corrected chi connectivity index (χ0v) is 10.2. The molecule has 1 heterocycles. The number of hydrogen-bond acceptors (Lipinski definition) is 2. The number of ether oxygens (including phenoxy) is 1. The molecule has 0 aliphatic carbocycles. The lowest BCUT2D eigenvalue weighted by molar-refractivity contribution is 0.0899. The lowest BCUT2D eigenvalue weighted by Crippen LogP contribution is -2.36. The van der Waals surface area contributed by atoms with Gasteiger partial charge in [-0.15, -0.1) is 0 Å². The summed E-state index contributed by atoms with van der Waals surface area (Å²) in [5.41, 5.74) is 10.3. The Morgan fingerprint density at radius 1 is 1.38 bits per heavy atom. The van der Waals surface area contributed by atoms with Crippen LogP contribution >= 0.6 is 0 Å². The summed E-state index contributed by atoms with van der Waals surface area (Å²) in [5.74, 6) is 0. The molecule has 2 unspecified atom stereocenters. The summed E-state index contributed by atoms with van der Waals surface area (Å²) >= 11 is 0. The summed E-state index contributed by atoms with van der Waals surface area (Å²) in [4.78, 5) is 0. The maximum absolute atomic E-state index is 6.22. The number of rotatable bonds is 3. The fourth-order valence-electron chi connectivity index (χ4n) is 2.48. The van der Waals surface area contributed by atoms with Crippen LogP contribution in [0.5, 0.6) is 0 Å². The first-order valence-electron chi connectivity index (χ1n) is 6.11. The van der Waals surface area contributed by atoms with E-state index in [0.29, 0.717) is 0 Å². The molecular weight excluding hydrogens is 198 g/mol. The molecule has 2 atom stereocenters. The van der Waals surface area contributed by atoms with Crippen molar-refractivity contribution in [1.82, 2.24) is 0 Å². The molecule has 0 amide bonds. The van der Waals surface area contributed by atoms with E-state index in [2.05, 4.69) is 32.0 Å². The molecule has 2 rings (SSSR count). The van der Waals surface area contributed by atoms with Gasteiger partial charge in [-0.05, 0) is 49.8 Å². The molecule has 1 fully saturated rings. The molecule has 2 nitrogen and oxygen atoms in total. The molecule has 88 valence electrons. The van der Waals surface area contributed by atoms with Crippen LogP contribution < -0.4 is 5.73 Å². The maximum Gasteiger partial charge on any atom is 0.0730 e. The van der Waals surface area contributed by atoms with Gasteiger partial charge >= 0.3 is 0 Å². The van der Waals surface area contributed by atoms with Gasteiger partial charge in [-0.1, -0.05) is 18.2 Å². The summed E-state index contributed by atoms with van der Waals surface area (Å²) in [6, 6.07) is 6.56. The molecule has 1 aliphatic rings. The van der Waals surface area contributed by atoms with Gasteiger partial charge in [0.1, 0.15) is 0 Å². The Balaban J connectivity index is 2.07. The molecule has 0 saturated carbocycles. The number of aryl methyl sites for hydroxylation is 2. The summed E-state index contributed by atoms with van der Waals surface area (Å²) in [6.07, 6.45) is 3.47. The summed E-state index contributed by atoms with van der Waals surface area (Å²) in [6.45, 7) is 5.19. The van der Waals surface area contributed by atoms with Crippen molar-refractivity contribution in [3.63, 3.8) is 0 Å². The van der Waals surface area contributed by atoms with E-state index in [-0.39, 0.29) is 12.1 Å². The molecule has 0 aromatic heterocycles. The minimum absolute atomic E-state index is 0.141. The molecule has 2 heteroatoms. The van der Waals surface area contributed by atoms with Crippen LogP contribution in [-0.4, -0.2) is 18.8 Å². The van der Waals surface area contributed by atoms with Gasteiger partial charge in [0.25, 0.3) is 0 Å². The first-order chi connectivity index (χ1) is 7.68. The topological polar surface area (TPSA) is 35.2 Å². The first-order valence-corrected chi connectivity index (χ1v) is 6.11. The van der Waals surface area contributed by atoms with Gasteiger partial charge < -0.3 is 10.5 Å². The second kappa shape index (κ2) is 4.98. The molecule has 0 spiro atoms. The van der Waals surface area contributed by atoms with Gasteiger partial charge in [0.05, 0.1) is 6.10 Å². The standard InChI is InChI=1S/C14H21NO/c1-10-5-3-6-11(2)12(10)9-13(15)14-7-4-8-16-14/h3,5-6,13-14H,4,7-9,15H2,1-2H3. The molecule has 16 heavy (non-hydrogen) atoms. The van der Waals surface area contributed by atoms with Crippen molar-refractivity contribution in [1.29, 1.82) is 0 Å². The van der Waals surface area contributed by atoms with Crippen LogP contribution in [0.3, 0.4) is 0 Å². The van der Waals surface area contributed by atoms with Gasteiger partial charge in [-0.2, -0.15) is 0 Å². The average molecular weight is 219 g/mol. The van der Waals surface area contributed by atoms with Gasteiger partial charge in [-0.3, -0.25) is 0 Å². The Morgan fingerprint density at radius 3 is 2.62 bits per heavy atom. The van der Waals surface area contributed by atoms with Crippen LogP contribution in [0.25, 0.3) is 0 Å². The molecule has 0 bridgehead atoms. The van der Waals surface area contributed by atoms with Crippen molar-refractivity contribution in [2.24, 2.45) is 5.73 Å². The minimum atomic E-state index is 0.141. The molecule has 2 N–H and O–H groups in total. The van der Waals surface area contributed by atoms with E-state index in [9.17, 15) is 0 Å². The molecule has 0 radical (unpaired) electrons. The molecule has 1 saturated heterocycles. The van der Waals surface area contributed by atoms with Crippen LogP contribution in [-0.2, 0) is 11.2 Å². The van der Waals surface area contributed by atoms with Crippen molar-refractivity contribution in [3.05, 3.63) is 34.9 Å². The summed E-state index contributed by atoms with van der Waals surface area (Å²) < 4.78 is 5.64. The quantitative estimate of drug-likeness (QED) is 0.847. The molecule has 1 aliphatic heterocycles. The third-order valence-corrected chi connectivity index (χ3v) is 3.53. The Bertz CT molecular complexity index is 336. The zero-order chi connectivity index (χ0) is 11.5. The Kier molecular flexibility index (Phi) is 3.62. The van der Waals surface area contributed by atoms with Crippen molar-refractivity contribution in [2.45, 2.75) is 45.3 Å². The fourth-order valence-corrected chi connectivity index (χ4v) is 2.48. The van der Waals surface area contributed by atoms with E-state index in [1.165, 1.54) is 16.7 Å². The maximum atomic E-state index is 6.22. The Morgan fingerprint density at radius 2 is 2.06 bits per heavy atom. The van der Waals surface area contributed by atoms with Crippen molar-refractivity contribution in [2.75, 3.05) is 6.61 Å². The van der Waals surface area contributed by atoms with Gasteiger partial charge in [-0.25, -0.2) is 0 Å². The van der Waals surface area contributed by atoms with E-state index < -0.39 is 0 Å². The third-order valence-electron chi connectivity index (χ3n) is 3.53. The molecule has 1 aromatic rings. The van der Waals surface area contributed by atoms with E-state index in [1.54, 1.807) is 0 Å². The van der Waals surface area contributed by atoms with E-state index in [0.717, 1.165) is 25.9 Å². The van der Waals surface area contributed by atoms with Crippen molar-refractivity contribution < 1.29 is 4.74 Å². The van der Waals surface area contributed by atoms with E-state index in [1.807, 2.05) is 0 Å².